The lowest BCUT2D eigenvalue weighted by atomic mass is 9.97. The van der Waals surface area contributed by atoms with Crippen LogP contribution in [0, 0.1) is 0 Å². The van der Waals surface area contributed by atoms with Gasteiger partial charge in [-0.1, -0.05) is 152 Å². The van der Waals surface area contributed by atoms with E-state index >= 15 is 0 Å². The highest BCUT2D eigenvalue weighted by Gasteiger charge is 2.20. The number of nitrogens with zero attached hydrogens (tertiary/aromatic N) is 4. The molecule has 0 atom stereocenters. The Morgan fingerprint density at radius 3 is 1.66 bits per heavy atom. The molecule has 58 heavy (non-hydrogen) atoms. The molecule has 0 aliphatic heterocycles. The predicted octanol–water partition coefficient (Wildman–Crippen LogP) is 14.3. The third-order valence-corrected chi connectivity index (χ3v) is 12.6. The molecule has 270 valence electrons. The molecule has 0 radical (unpaired) electrons. The normalized spacial score (nSPS) is 11.8. The largest absolute Gasteiger partial charge is 0.308 e. The van der Waals surface area contributed by atoms with E-state index in [1.165, 1.54) is 69.4 Å². The highest BCUT2D eigenvalue weighted by Crippen LogP contribution is 2.44. The average Bonchev–Trinajstić information content (AvgIpc) is 3.85. The quantitative estimate of drug-likeness (QED) is 0.164. The van der Waals surface area contributed by atoms with Crippen molar-refractivity contribution in [1.29, 1.82) is 0 Å². The van der Waals surface area contributed by atoms with Gasteiger partial charge < -0.3 is 4.40 Å². The number of thiophene rings is 1. The number of hydrogen-bond donors (Lipinski definition) is 0. The highest BCUT2D eigenvalue weighted by atomic mass is 32.1. The third kappa shape index (κ3) is 5.18. The Hall–Kier alpha value is -7.47. The van der Waals surface area contributed by atoms with Crippen LogP contribution < -0.4 is 0 Å². The lowest BCUT2D eigenvalue weighted by Gasteiger charge is -2.11. The van der Waals surface area contributed by atoms with E-state index in [1.807, 2.05) is 29.5 Å². The van der Waals surface area contributed by atoms with Crippen molar-refractivity contribution in [3.05, 3.63) is 194 Å². The second-order valence-electron chi connectivity index (χ2n) is 14.8. The molecule has 8 aromatic carbocycles. The SMILES string of the molecule is c1ccc(-c2nc(-c3cccc(-c4ccc5c(-c6ccccc6)c6c7ccccc7c7ccccc7n6c5c4)c3)nc(-c3ccc4sc5ccccc5c4c3)n2)cc1. The first-order valence-corrected chi connectivity index (χ1v) is 20.3. The first-order valence-electron chi connectivity index (χ1n) is 19.5. The van der Waals surface area contributed by atoms with Crippen molar-refractivity contribution in [2.45, 2.75) is 0 Å². The molecule has 0 unspecified atom stereocenters. The van der Waals surface area contributed by atoms with E-state index in [0.717, 1.165) is 27.8 Å². The molecule has 12 rings (SSSR count). The molecule has 4 heterocycles. The van der Waals surface area contributed by atoms with E-state index in [2.05, 4.69) is 180 Å². The number of pyridine rings is 1. The Balaban J connectivity index is 1.05. The van der Waals surface area contributed by atoms with Gasteiger partial charge in [-0.3, -0.25) is 0 Å². The molecule has 0 saturated carbocycles. The minimum Gasteiger partial charge on any atom is -0.308 e. The molecule has 0 saturated heterocycles. The van der Waals surface area contributed by atoms with Crippen molar-refractivity contribution in [3.63, 3.8) is 0 Å². The van der Waals surface area contributed by atoms with Gasteiger partial charge in [0.05, 0.1) is 16.6 Å². The zero-order valence-corrected chi connectivity index (χ0v) is 32.0. The lowest BCUT2D eigenvalue weighted by molar-refractivity contribution is 1.07. The van der Waals surface area contributed by atoms with Gasteiger partial charge in [-0.15, -0.1) is 11.3 Å². The second-order valence-corrected chi connectivity index (χ2v) is 15.9. The van der Waals surface area contributed by atoms with E-state index in [4.69, 9.17) is 15.0 Å². The molecule has 0 bridgehead atoms. The first kappa shape index (κ1) is 32.7. The number of benzene rings is 8. The van der Waals surface area contributed by atoms with Crippen molar-refractivity contribution in [3.8, 4) is 56.4 Å². The topological polar surface area (TPSA) is 43.1 Å². The molecule has 0 fully saturated rings. The van der Waals surface area contributed by atoms with Crippen LogP contribution in [0.25, 0.3) is 115 Å². The van der Waals surface area contributed by atoms with Crippen LogP contribution in [-0.4, -0.2) is 19.4 Å². The summed E-state index contributed by atoms with van der Waals surface area (Å²) < 4.78 is 5.00. The summed E-state index contributed by atoms with van der Waals surface area (Å²) in [4.78, 5) is 15.3. The number of fused-ring (bicyclic) bond motifs is 11. The van der Waals surface area contributed by atoms with Gasteiger partial charge in [-0.25, -0.2) is 15.0 Å². The maximum atomic E-state index is 5.17. The second kappa shape index (κ2) is 13.1. The van der Waals surface area contributed by atoms with Gasteiger partial charge in [0, 0.05) is 58.6 Å². The van der Waals surface area contributed by atoms with Crippen LogP contribution in [0.4, 0.5) is 0 Å². The molecule has 4 aromatic heterocycles. The fraction of sp³-hybridized carbons (Fsp3) is 0. The number of aromatic nitrogens is 4. The van der Waals surface area contributed by atoms with E-state index < -0.39 is 0 Å². The smallest absolute Gasteiger partial charge is 0.164 e. The number of hydrogen-bond acceptors (Lipinski definition) is 4. The fourth-order valence-electron chi connectivity index (χ4n) is 8.74. The van der Waals surface area contributed by atoms with E-state index in [9.17, 15) is 0 Å². The lowest BCUT2D eigenvalue weighted by Crippen LogP contribution is -2.00. The molecular weight excluding hydrogens is 725 g/mol. The van der Waals surface area contributed by atoms with E-state index in [-0.39, 0.29) is 0 Å². The minimum absolute atomic E-state index is 0.638. The van der Waals surface area contributed by atoms with Gasteiger partial charge in [-0.05, 0) is 64.5 Å². The van der Waals surface area contributed by atoms with Crippen LogP contribution in [-0.2, 0) is 0 Å². The summed E-state index contributed by atoms with van der Waals surface area (Å²) in [6, 6.07) is 69.2. The Morgan fingerprint density at radius 1 is 0.310 bits per heavy atom. The average molecular weight is 757 g/mol. The fourth-order valence-corrected chi connectivity index (χ4v) is 9.83. The van der Waals surface area contributed by atoms with Crippen LogP contribution in [0.3, 0.4) is 0 Å². The summed E-state index contributed by atoms with van der Waals surface area (Å²) in [5, 5.41) is 7.42. The van der Waals surface area contributed by atoms with Crippen LogP contribution in [0.5, 0.6) is 0 Å². The van der Waals surface area contributed by atoms with Gasteiger partial charge >= 0.3 is 0 Å². The zero-order valence-electron chi connectivity index (χ0n) is 31.2. The monoisotopic (exact) mass is 756 g/mol. The van der Waals surface area contributed by atoms with E-state index in [1.54, 1.807) is 0 Å². The van der Waals surface area contributed by atoms with Gasteiger partial charge in [0.1, 0.15) is 0 Å². The van der Waals surface area contributed by atoms with Crippen LogP contribution in [0.1, 0.15) is 0 Å². The molecule has 4 nitrogen and oxygen atoms in total. The molecule has 5 heteroatoms. The van der Waals surface area contributed by atoms with Gasteiger partial charge in [0.15, 0.2) is 17.5 Å². The van der Waals surface area contributed by atoms with Crippen LogP contribution in [0.15, 0.2) is 194 Å². The Bertz CT molecular complexity index is 3570. The molecule has 0 aliphatic carbocycles. The minimum atomic E-state index is 0.638. The van der Waals surface area contributed by atoms with Crippen molar-refractivity contribution < 1.29 is 0 Å². The van der Waals surface area contributed by atoms with Gasteiger partial charge in [-0.2, -0.15) is 0 Å². The summed E-state index contributed by atoms with van der Waals surface area (Å²) in [6.07, 6.45) is 0. The Kier molecular flexibility index (Phi) is 7.37. The summed E-state index contributed by atoms with van der Waals surface area (Å²) in [5.74, 6) is 1.94. The maximum absolute atomic E-state index is 5.17. The highest BCUT2D eigenvalue weighted by molar-refractivity contribution is 7.25. The molecule has 0 N–H and O–H groups in total. The summed E-state index contributed by atoms with van der Waals surface area (Å²) in [5.41, 5.74) is 11.1. The Labute approximate surface area is 338 Å². The predicted molar refractivity (Wildman–Crippen MR) is 243 cm³/mol. The molecule has 0 amide bonds. The third-order valence-electron chi connectivity index (χ3n) is 11.4. The van der Waals surface area contributed by atoms with Crippen molar-refractivity contribution in [2.75, 3.05) is 0 Å². The maximum Gasteiger partial charge on any atom is 0.164 e. The Morgan fingerprint density at radius 2 is 0.862 bits per heavy atom. The van der Waals surface area contributed by atoms with E-state index in [0.29, 0.717) is 17.5 Å². The van der Waals surface area contributed by atoms with Crippen molar-refractivity contribution in [1.82, 2.24) is 19.4 Å². The summed E-state index contributed by atoms with van der Waals surface area (Å²) in [7, 11) is 0. The summed E-state index contributed by atoms with van der Waals surface area (Å²) in [6.45, 7) is 0. The standard InChI is InChI=1S/C53H32N4S/c1-3-14-33(15-4-1)49-43-28-26-36(32-46(43)57-45-24-11-9-21-40(45)39-20-7-8-23-42(39)50(49)57)35-18-13-19-37(30-35)52-54-51(34-16-5-2-6-17-34)55-53(56-52)38-27-29-48-44(31-38)41-22-10-12-25-47(41)58-48/h1-32H. The molecule has 0 spiro atoms. The van der Waals surface area contributed by atoms with Crippen LogP contribution >= 0.6 is 11.3 Å². The van der Waals surface area contributed by atoms with Crippen LogP contribution in [0.2, 0.25) is 0 Å². The van der Waals surface area contributed by atoms with Crippen molar-refractivity contribution >= 4 is 69.6 Å². The van der Waals surface area contributed by atoms with Crippen molar-refractivity contribution in [2.24, 2.45) is 0 Å². The molecular formula is C53H32N4S. The molecule has 0 aliphatic rings. The molecule has 12 aromatic rings. The zero-order chi connectivity index (χ0) is 38.2. The number of para-hydroxylation sites is 1. The van der Waals surface area contributed by atoms with Gasteiger partial charge in [0.25, 0.3) is 0 Å². The summed E-state index contributed by atoms with van der Waals surface area (Å²) >= 11 is 1.81. The number of rotatable bonds is 5. The van der Waals surface area contributed by atoms with Gasteiger partial charge in [0.2, 0.25) is 0 Å². The first-order chi connectivity index (χ1) is 28.7.